The molecule has 0 atom stereocenters. The maximum Gasteiger partial charge on any atom is 0.274 e. The summed E-state index contributed by atoms with van der Waals surface area (Å²) in [4.78, 5) is 10.5. The van der Waals surface area contributed by atoms with E-state index in [2.05, 4.69) is 10.3 Å². The first-order valence-corrected chi connectivity index (χ1v) is 5.31. The van der Waals surface area contributed by atoms with E-state index in [1.165, 1.54) is 10.7 Å². The summed E-state index contributed by atoms with van der Waals surface area (Å²) < 4.78 is 1.45. The lowest BCUT2D eigenvalue weighted by Crippen LogP contribution is -2.04. The lowest BCUT2D eigenvalue weighted by atomic mass is 10.1. The van der Waals surface area contributed by atoms with Gasteiger partial charge < -0.3 is 5.11 Å². The van der Waals surface area contributed by atoms with E-state index < -0.39 is 4.92 Å². The molecule has 0 fully saturated rings. The molecule has 2 aromatic rings. The lowest BCUT2D eigenvalue weighted by molar-refractivity contribution is -0.385. The molecule has 18 heavy (non-hydrogen) atoms. The zero-order valence-electron chi connectivity index (χ0n) is 9.99. The molecule has 1 N–H and O–H groups in total. The molecule has 0 aliphatic heterocycles. The fourth-order valence-electron chi connectivity index (χ4n) is 1.86. The highest BCUT2D eigenvalue weighted by Gasteiger charge is 2.17. The number of rotatable bonds is 3. The summed E-state index contributed by atoms with van der Waals surface area (Å²) in [5.41, 5.74) is 2.45. The van der Waals surface area contributed by atoms with Gasteiger partial charge in [0.25, 0.3) is 5.69 Å². The molecule has 2 rings (SSSR count). The highest BCUT2D eigenvalue weighted by Crippen LogP contribution is 2.26. The first-order valence-electron chi connectivity index (χ1n) is 5.31. The maximum absolute atomic E-state index is 10.9. The normalized spacial score (nSPS) is 10.6. The minimum atomic E-state index is -0.428. The van der Waals surface area contributed by atoms with E-state index in [0.717, 1.165) is 5.56 Å². The van der Waals surface area contributed by atoms with Gasteiger partial charge in [-0.25, -0.2) is 4.68 Å². The Morgan fingerprint density at radius 3 is 2.72 bits per heavy atom. The van der Waals surface area contributed by atoms with E-state index >= 15 is 0 Å². The Balaban J connectivity index is 2.62. The average molecular weight is 248 g/mol. The topological polar surface area (TPSA) is 94.1 Å². The smallest absolute Gasteiger partial charge is 0.274 e. The molecule has 1 aromatic heterocycles. The van der Waals surface area contributed by atoms with E-state index in [1.54, 1.807) is 19.2 Å². The van der Waals surface area contributed by atoms with Crippen molar-refractivity contribution in [2.45, 2.75) is 20.5 Å². The van der Waals surface area contributed by atoms with Gasteiger partial charge in [0.1, 0.15) is 5.69 Å². The van der Waals surface area contributed by atoms with Crippen molar-refractivity contribution in [3.05, 3.63) is 45.3 Å². The number of aryl methyl sites for hydroxylation is 1. The van der Waals surface area contributed by atoms with Crippen molar-refractivity contribution in [1.29, 1.82) is 0 Å². The van der Waals surface area contributed by atoms with Gasteiger partial charge in [0.05, 0.1) is 29.0 Å². The summed E-state index contributed by atoms with van der Waals surface area (Å²) in [6, 6.07) is 3.14. The monoisotopic (exact) mass is 248 g/mol. The Morgan fingerprint density at radius 1 is 1.44 bits per heavy atom. The summed E-state index contributed by atoms with van der Waals surface area (Å²) in [6.07, 6.45) is 1.55. The number of nitro benzene ring substituents is 1. The van der Waals surface area contributed by atoms with Gasteiger partial charge in [-0.05, 0) is 19.4 Å². The van der Waals surface area contributed by atoms with Crippen molar-refractivity contribution in [3.63, 3.8) is 0 Å². The molecular weight excluding hydrogens is 236 g/mol. The predicted octanol–water partition coefficient (Wildman–Crippen LogP) is 1.28. The Morgan fingerprint density at radius 2 is 2.17 bits per heavy atom. The van der Waals surface area contributed by atoms with E-state index in [4.69, 9.17) is 5.11 Å². The highest BCUT2D eigenvalue weighted by atomic mass is 16.6. The van der Waals surface area contributed by atoms with Crippen molar-refractivity contribution in [2.24, 2.45) is 0 Å². The number of hydrogen-bond donors (Lipinski definition) is 1. The fourth-order valence-corrected chi connectivity index (χ4v) is 1.86. The third-order valence-electron chi connectivity index (χ3n) is 2.73. The molecule has 94 valence electrons. The zero-order valence-corrected chi connectivity index (χ0v) is 9.99. The second kappa shape index (κ2) is 4.53. The molecule has 0 radical (unpaired) electrons. The van der Waals surface area contributed by atoms with Crippen LogP contribution in [0.25, 0.3) is 5.69 Å². The molecule has 0 saturated heterocycles. The lowest BCUT2D eigenvalue weighted by Gasteiger charge is -2.08. The number of nitrogens with zero attached hydrogens (tertiary/aromatic N) is 4. The van der Waals surface area contributed by atoms with Gasteiger partial charge >= 0.3 is 0 Å². The van der Waals surface area contributed by atoms with E-state index in [0.29, 0.717) is 16.9 Å². The van der Waals surface area contributed by atoms with Gasteiger partial charge in [-0.1, -0.05) is 11.3 Å². The van der Waals surface area contributed by atoms with E-state index in [1.807, 2.05) is 6.92 Å². The second-order valence-corrected chi connectivity index (χ2v) is 3.94. The Kier molecular flexibility index (Phi) is 3.07. The minimum Gasteiger partial charge on any atom is -0.390 e. The number of aliphatic hydroxyl groups is 1. The molecule has 0 bridgehead atoms. The first-order chi connectivity index (χ1) is 8.54. The van der Waals surface area contributed by atoms with Crippen LogP contribution in [0.3, 0.4) is 0 Å². The quantitative estimate of drug-likeness (QED) is 0.652. The van der Waals surface area contributed by atoms with Crippen LogP contribution in [0, 0.1) is 24.0 Å². The van der Waals surface area contributed by atoms with Crippen LogP contribution in [0.4, 0.5) is 5.69 Å². The molecule has 0 saturated carbocycles. The first kappa shape index (κ1) is 12.2. The third-order valence-corrected chi connectivity index (χ3v) is 2.73. The number of benzene rings is 1. The Bertz CT molecular complexity index is 606. The van der Waals surface area contributed by atoms with Crippen LogP contribution < -0.4 is 0 Å². The van der Waals surface area contributed by atoms with Crippen molar-refractivity contribution in [2.75, 3.05) is 0 Å². The van der Waals surface area contributed by atoms with Gasteiger partial charge in [0.2, 0.25) is 0 Å². The van der Waals surface area contributed by atoms with Gasteiger partial charge in [-0.2, -0.15) is 0 Å². The van der Waals surface area contributed by atoms with Crippen LogP contribution in [0.15, 0.2) is 18.3 Å². The number of aliphatic hydroxyl groups excluding tert-OH is 1. The standard InChI is InChI=1S/C11H12N4O3/c1-7-3-4-10(15(17)18)8(2)11(7)14-5-9(6-16)12-13-14/h3-5,16H,6H2,1-2H3. The summed E-state index contributed by atoms with van der Waals surface area (Å²) in [7, 11) is 0. The molecule has 0 unspecified atom stereocenters. The molecule has 7 nitrogen and oxygen atoms in total. The van der Waals surface area contributed by atoms with Gasteiger partial charge in [0.15, 0.2) is 0 Å². The van der Waals surface area contributed by atoms with E-state index in [-0.39, 0.29) is 12.3 Å². The third kappa shape index (κ3) is 1.95. The van der Waals surface area contributed by atoms with Crippen molar-refractivity contribution in [3.8, 4) is 5.69 Å². The number of nitro groups is 1. The Hall–Kier alpha value is -2.28. The van der Waals surface area contributed by atoms with Crippen molar-refractivity contribution in [1.82, 2.24) is 15.0 Å². The largest absolute Gasteiger partial charge is 0.390 e. The predicted molar refractivity (Wildman–Crippen MR) is 63.4 cm³/mol. The average Bonchev–Trinajstić information content (AvgIpc) is 2.77. The van der Waals surface area contributed by atoms with Crippen molar-refractivity contribution < 1.29 is 10.0 Å². The van der Waals surface area contributed by atoms with Gasteiger partial charge in [-0.15, -0.1) is 5.10 Å². The maximum atomic E-state index is 10.9. The van der Waals surface area contributed by atoms with Crippen molar-refractivity contribution >= 4 is 5.69 Å². The molecule has 7 heteroatoms. The molecule has 0 spiro atoms. The molecular formula is C11H12N4O3. The zero-order chi connectivity index (χ0) is 13.3. The molecule has 1 heterocycles. The Labute approximate surface area is 103 Å². The molecule has 0 aliphatic rings. The molecule has 1 aromatic carbocycles. The fraction of sp³-hybridized carbons (Fsp3) is 0.273. The van der Waals surface area contributed by atoms with Gasteiger partial charge in [-0.3, -0.25) is 10.1 Å². The summed E-state index contributed by atoms with van der Waals surface area (Å²) in [5, 5.41) is 27.5. The summed E-state index contributed by atoms with van der Waals surface area (Å²) in [5.74, 6) is 0. The van der Waals surface area contributed by atoms with E-state index in [9.17, 15) is 10.1 Å². The molecule has 0 aliphatic carbocycles. The number of aromatic nitrogens is 3. The highest BCUT2D eigenvalue weighted by molar-refractivity contribution is 5.56. The summed E-state index contributed by atoms with van der Waals surface area (Å²) in [6.45, 7) is 3.29. The van der Waals surface area contributed by atoms with Crippen LogP contribution in [0.5, 0.6) is 0 Å². The SMILES string of the molecule is Cc1ccc([N+](=O)[O-])c(C)c1-n1cc(CO)nn1. The van der Waals surface area contributed by atoms with Crippen LogP contribution in [0.2, 0.25) is 0 Å². The molecule has 0 amide bonds. The van der Waals surface area contributed by atoms with Crippen LogP contribution in [0.1, 0.15) is 16.8 Å². The summed E-state index contributed by atoms with van der Waals surface area (Å²) >= 11 is 0. The van der Waals surface area contributed by atoms with Crippen LogP contribution in [-0.4, -0.2) is 25.0 Å². The minimum absolute atomic E-state index is 0.0386. The van der Waals surface area contributed by atoms with Gasteiger partial charge in [0, 0.05) is 6.07 Å². The van der Waals surface area contributed by atoms with Crippen LogP contribution in [-0.2, 0) is 6.61 Å². The second-order valence-electron chi connectivity index (χ2n) is 3.94. The van der Waals surface area contributed by atoms with Crippen LogP contribution >= 0.6 is 0 Å². The number of hydrogen-bond acceptors (Lipinski definition) is 5.